The molecule has 1 fully saturated rings. The number of methoxy groups -OCH3 is 1. The van der Waals surface area contributed by atoms with Gasteiger partial charge in [0.2, 0.25) is 0 Å². The first kappa shape index (κ1) is 15.3. The van der Waals surface area contributed by atoms with E-state index in [1.54, 1.807) is 7.11 Å². The maximum Gasteiger partial charge on any atom is 0.131 e. The van der Waals surface area contributed by atoms with Gasteiger partial charge in [0.05, 0.1) is 7.11 Å². The van der Waals surface area contributed by atoms with Gasteiger partial charge in [-0.3, -0.25) is 0 Å². The third kappa shape index (κ3) is 3.95. The molecule has 1 atom stereocenters. The van der Waals surface area contributed by atoms with Gasteiger partial charge in [0.15, 0.2) is 0 Å². The predicted molar refractivity (Wildman–Crippen MR) is 80.6 cm³/mol. The Bertz CT molecular complexity index is 413. The normalized spacial score (nSPS) is 18.6. The summed E-state index contributed by atoms with van der Waals surface area (Å²) in [6.45, 7) is 0. The molecule has 3 heteroatoms. The number of rotatable bonds is 5. The molecule has 0 saturated heterocycles. The number of benzene rings is 1. The van der Waals surface area contributed by atoms with Gasteiger partial charge in [-0.1, -0.05) is 44.6 Å². The molecule has 0 spiro atoms. The molecule has 1 N–H and O–H groups in total. The molecule has 1 aliphatic rings. The molecular formula is C17H26FNO. The zero-order valence-corrected chi connectivity index (χ0v) is 12.6. The van der Waals surface area contributed by atoms with Crippen molar-refractivity contribution in [2.75, 3.05) is 14.2 Å². The summed E-state index contributed by atoms with van der Waals surface area (Å²) in [4.78, 5) is 0. The van der Waals surface area contributed by atoms with Crippen molar-refractivity contribution in [2.45, 2.75) is 51.0 Å². The third-order valence-electron chi connectivity index (χ3n) is 4.48. The molecular weight excluding hydrogens is 253 g/mol. The van der Waals surface area contributed by atoms with Gasteiger partial charge in [-0.05, 0) is 25.5 Å². The minimum Gasteiger partial charge on any atom is -0.497 e. The number of hydrogen-bond donors (Lipinski definition) is 1. The largest absolute Gasteiger partial charge is 0.497 e. The van der Waals surface area contributed by atoms with E-state index in [9.17, 15) is 4.39 Å². The van der Waals surface area contributed by atoms with Crippen LogP contribution in [0.1, 0.15) is 56.6 Å². The molecule has 2 rings (SSSR count). The van der Waals surface area contributed by atoms with Crippen molar-refractivity contribution < 1.29 is 9.13 Å². The quantitative estimate of drug-likeness (QED) is 0.804. The lowest BCUT2D eigenvalue weighted by Crippen LogP contribution is -2.21. The van der Waals surface area contributed by atoms with Gasteiger partial charge in [0.1, 0.15) is 11.6 Å². The van der Waals surface area contributed by atoms with E-state index in [-0.39, 0.29) is 11.9 Å². The van der Waals surface area contributed by atoms with Crippen molar-refractivity contribution in [3.8, 4) is 5.75 Å². The lowest BCUT2D eigenvalue weighted by Gasteiger charge is -2.23. The Balaban J connectivity index is 2.06. The van der Waals surface area contributed by atoms with Crippen molar-refractivity contribution in [1.29, 1.82) is 0 Å². The Labute approximate surface area is 121 Å². The molecule has 0 amide bonds. The minimum absolute atomic E-state index is 0.101. The van der Waals surface area contributed by atoms with Crippen LogP contribution in [0.25, 0.3) is 0 Å². The standard InChI is InChI=1S/C17H26FNO/c1-19-17(11-13-7-5-3-4-6-8-13)15-10-9-14(20-2)12-16(15)18/h9-10,12-13,17,19H,3-8,11H2,1-2H3. The molecule has 0 aromatic heterocycles. The summed E-state index contributed by atoms with van der Waals surface area (Å²) in [6.07, 6.45) is 8.97. The lowest BCUT2D eigenvalue weighted by atomic mass is 9.89. The molecule has 1 aromatic carbocycles. The minimum atomic E-state index is -0.169. The number of nitrogens with one attached hydrogen (secondary N) is 1. The maximum absolute atomic E-state index is 14.2. The fourth-order valence-electron chi connectivity index (χ4n) is 3.25. The molecule has 1 aliphatic carbocycles. The molecule has 0 heterocycles. The Hall–Kier alpha value is -1.09. The Morgan fingerprint density at radius 2 is 1.95 bits per heavy atom. The van der Waals surface area contributed by atoms with Gasteiger partial charge in [-0.15, -0.1) is 0 Å². The molecule has 0 bridgehead atoms. The summed E-state index contributed by atoms with van der Waals surface area (Å²) in [5.74, 6) is 1.13. The molecule has 0 aliphatic heterocycles. The number of hydrogen-bond acceptors (Lipinski definition) is 2. The fraction of sp³-hybridized carbons (Fsp3) is 0.647. The molecule has 2 nitrogen and oxygen atoms in total. The monoisotopic (exact) mass is 279 g/mol. The Morgan fingerprint density at radius 3 is 2.50 bits per heavy atom. The second-order valence-electron chi connectivity index (χ2n) is 5.82. The smallest absolute Gasteiger partial charge is 0.131 e. The van der Waals surface area contributed by atoms with E-state index >= 15 is 0 Å². The van der Waals surface area contributed by atoms with Gasteiger partial charge in [0.25, 0.3) is 0 Å². The molecule has 1 aromatic rings. The van der Waals surface area contributed by atoms with Gasteiger partial charge in [0, 0.05) is 17.7 Å². The van der Waals surface area contributed by atoms with Gasteiger partial charge in [-0.25, -0.2) is 4.39 Å². The van der Waals surface area contributed by atoms with Crippen LogP contribution in [0.5, 0.6) is 5.75 Å². The van der Waals surface area contributed by atoms with E-state index in [2.05, 4.69) is 5.32 Å². The van der Waals surface area contributed by atoms with Gasteiger partial charge in [-0.2, -0.15) is 0 Å². The van der Waals surface area contributed by atoms with Crippen LogP contribution in [0.3, 0.4) is 0 Å². The van der Waals surface area contributed by atoms with Crippen LogP contribution in [0.2, 0.25) is 0 Å². The second-order valence-corrected chi connectivity index (χ2v) is 5.82. The predicted octanol–water partition coefficient (Wildman–Crippen LogP) is 4.46. The van der Waals surface area contributed by atoms with Crippen LogP contribution in [0.15, 0.2) is 18.2 Å². The Kier molecular flexibility index (Phi) is 5.84. The van der Waals surface area contributed by atoms with E-state index in [0.29, 0.717) is 5.75 Å². The average Bonchev–Trinajstić information content (AvgIpc) is 2.73. The molecule has 0 radical (unpaired) electrons. The lowest BCUT2D eigenvalue weighted by molar-refractivity contribution is 0.360. The molecule has 20 heavy (non-hydrogen) atoms. The van der Waals surface area contributed by atoms with Crippen LogP contribution in [-0.2, 0) is 0 Å². The first-order chi connectivity index (χ1) is 9.74. The van der Waals surface area contributed by atoms with Crippen molar-refractivity contribution >= 4 is 0 Å². The zero-order valence-electron chi connectivity index (χ0n) is 12.6. The Morgan fingerprint density at radius 1 is 1.25 bits per heavy atom. The molecule has 1 unspecified atom stereocenters. The van der Waals surface area contributed by atoms with Crippen molar-refractivity contribution in [1.82, 2.24) is 5.32 Å². The summed E-state index contributed by atoms with van der Waals surface area (Å²) in [5.41, 5.74) is 0.762. The van der Waals surface area contributed by atoms with Gasteiger partial charge >= 0.3 is 0 Å². The summed E-state index contributed by atoms with van der Waals surface area (Å²) in [6, 6.07) is 5.28. The van der Waals surface area contributed by atoms with E-state index < -0.39 is 0 Å². The number of ether oxygens (including phenoxy) is 1. The first-order valence-electron chi connectivity index (χ1n) is 7.75. The van der Waals surface area contributed by atoms with E-state index in [1.807, 2.05) is 19.2 Å². The van der Waals surface area contributed by atoms with Crippen LogP contribution >= 0.6 is 0 Å². The maximum atomic E-state index is 14.2. The topological polar surface area (TPSA) is 21.3 Å². The second kappa shape index (κ2) is 7.63. The SMILES string of the molecule is CNC(CC1CCCCCC1)c1ccc(OC)cc1F. The molecule has 112 valence electrons. The van der Waals surface area contributed by atoms with Crippen LogP contribution < -0.4 is 10.1 Å². The van der Waals surface area contributed by atoms with Crippen LogP contribution in [-0.4, -0.2) is 14.2 Å². The van der Waals surface area contributed by atoms with Crippen molar-refractivity contribution in [2.24, 2.45) is 5.92 Å². The molecule has 1 saturated carbocycles. The van der Waals surface area contributed by atoms with Crippen molar-refractivity contribution in [3.63, 3.8) is 0 Å². The van der Waals surface area contributed by atoms with Crippen LogP contribution in [0, 0.1) is 11.7 Å². The van der Waals surface area contributed by atoms with Crippen LogP contribution in [0.4, 0.5) is 4.39 Å². The summed E-state index contributed by atoms with van der Waals surface area (Å²) >= 11 is 0. The van der Waals surface area contributed by atoms with E-state index in [1.165, 1.54) is 44.6 Å². The van der Waals surface area contributed by atoms with Gasteiger partial charge < -0.3 is 10.1 Å². The highest BCUT2D eigenvalue weighted by molar-refractivity contribution is 5.30. The van der Waals surface area contributed by atoms with Crippen molar-refractivity contribution in [3.05, 3.63) is 29.6 Å². The third-order valence-corrected chi connectivity index (χ3v) is 4.48. The zero-order chi connectivity index (χ0) is 14.4. The fourth-order valence-corrected chi connectivity index (χ4v) is 3.25. The van der Waals surface area contributed by atoms with E-state index in [4.69, 9.17) is 4.74 Å². The summed E-state index contributed by atoms with van der Waals surface area (Å²) < 4.78 is 19.3. The average molecular weight is 279 g/mol. The highest BCUT2D eigenvalue weighted by Gasteiger charge is 2.20. The summed E-state index contributed by atoms with van der Waals surface area (Å²) in [7, 11) is 3.49. The summed E-state index contributed by atoms with van der Waals surface area (Å²) in [5, 5.41) is 3.28. The number of halogens is 1. The highest BCUT2D eigenvalue weighted by atomic mass is 19.1. The highest BCUT2D eigenvalue weighted by Crippen LogP contribution is 2.32. The van der Waals surface area contributed by atoms with E-state index in [0.717, 1.165) is 17.9 Å². The first-order valence-corrected chi connectivity index (χ1v) is 7.75.